The minimum absolute atomic E-state index is 0.00805. The summed E-state index contributed by atoms with van der Waals surface area (Å²) in [5, 5.41) is 11.1. The third kappa shape index (κ3) is 2.63. The predicted octanol–water partition coefficient (Wildman–Crippen LogP) is 5.67. The number of hydrogen-bond acceptors (Lipinski definition) is 1. The maximum Gasteiger partial charge on any atom is 0.134 e. The van der Waals surface area contributed by atoms with Gasteiger partial charge in [0.15, 0.2) is 0 Å². The highest BCUT2D eigenvalue weighted by atomic mass is 35.5. The van der Waals surface area contributed by atoms with Crippen LogP contribution in [0.25, 0.3) is 11.1 Å². The van der Waals surface area contributed by atoms with Gasteiger partial charge in [-0.2, -0.15) is 0 Å². The van der Waals surface area contributed by atoms with Gasteiger partial charge in [0.1, 0.15) is 5.75 Å². The average molecular weight is 308 g/mol. The Bertz CT molecular complexity index is 581. The molecule has 0 radical (unpaired) electrons. The zero-order valence-corrected chi connectivity index (χ0v) is 11.4. The van der Waals surface area contributed by atoms with E-state index in [-0.39, 0.29) is 10.8 Å². The summed E-state index contributed by atoms with van der Waals surface area (Å²) in [6.07, 6.45) is 0. The molecule has 0 fully saturated rings. The van der Waals surface area contributed by atoms with Gasteiger partial charge in [-0.25, -0.2) is 0 Å². The highest BCUT2D eigenvalue weighted by molar-refractivity contribution is 6.44. The summed E-state index contributed by atoms with van der Waals surface area (Å²) in [4.78, 5) is 0. The normalized spacial score (nSPS) is 10.6. The highest BCUT2D eigenvalue weighted by Crippen LogP contribution is 2.37. The first-order valence-corrected chi connectivity index (χ1v) is 6.13. The maximum absolute atomic E-state index is 9.54. The van der Waals surface area contributed by atoms with Gasteiger partial charge in [-0.15, -0.1) is 0 Å². The molecule has 0 aliphatic rings. The van der Waals surface area contributed by atoms with Gasteiger partial charge in [0, 0.05) is 10.6 Å². The van der Waals surface area contributed by atoms with E-state index in [0.29, 0.717) is 20.6 Å². The smallest absolute Gasteiger partial charge is 0.134 e. The average Bonchev–Trinajstić information content (AvgIpc) is 2.27. The van der Waals surface area contributed by atoms with Gasteiger partial charge < -0.3 is 5.11 Å². The molecule has 1 N–H and O–H groups in total. The Morgan fingerprint density at radius 1 is 0.706 bits per heavy atom. The van der Waals surface area contributed by atoms with Crippen molar-refractivity contribution in [3.63, 3.8) is 0 Å². The number of aromatic hydroxyl groups is 1. The van der Waals surface area contributed by atoms with Crippen molar-refractivity contribution in [1.82, 2.24) is 0 Å². The van der Waals surface area contributed by atoms with Crippen LogP contribution in [0.15, 0.2) is 30.3 Å². The van der Waals surface area contributed by atoms with Crippen LogP contribution in [0.1, 0.15) is 0 Å². The monoisotopic (exact) mass is 306 g/mol. The molecule has 17 heavy (non-hydrogen) atoms. The van der Waals surface area contributed by atoms with Crippen LogP contribution < -0.4 is 0 Å². The van der Waals surface area contributed by atoms with E-state index in [4.69, 9.17) is 46.4 Å². The summed E-state index contributed by atoms with van der Waals surface area (Å²) in [5.74, 6) is -0.00805. The quantitative estimate of drug-likeness (QED) is 0.673. The summed E-state index contributed by atoms with van der Waals surface area (Å²) in [7, 11) is 0. The molecule has 0 aliphatic carbocycles. The fraction of sp³-hybridized carbons (Fsp3) is 0. The first-order chi connectivity index (χ1) is 7.99. The molecule has 2 aromatic rings. The van der Waals surface area contributed by atoms with Crippen LogP contribution in [0.2, 0.25) is 20.1 Å². The number of benzene rings is 2. The van der Waals surface area contributed by atoms with Crippen LogP contribution in [0.3, 0.4) is 0 Å². The number of phenolic OH excluding ortho intramolecular Hbond substituents is 1. The van der Waals surface area contributed by atoms with E-state index < -0.39 is 0 Å². The van der Waals surface area contributed by atoms with Crippen molar-refractivity contribution < 1.29 is 5.11 Å². The minimum Gasteiger partial charge on any atom is -0.506 e. The largest absolute Gasteiger partial charge is 0.506 e. The van der Waals surface area contributed by atoms with E-state index in [2.05, 4.69) is 0 Å². The van der Waals surface area contributed by atoms with Gasteiger partial charge >= 0.3 is 0 Å². The van der Waals surface area contributed by atoms with Crippen molar-refractivity contribution >= 4 is 46.4 Å². The molecule has 2 rings (SSSR count). The molecular weight excluding hydrogens is 302 g/mol. The lowest BCUT2D eigenvalue weighted by atomic mass is 10.1. The van der Waals surface area contributed by atoms with Crippen LogP contribution in [-0.2, 0) is 0 Å². The Labute approximate surface area is 118 Å². The van der Waals surface area contributed by atoms with Gasteiger partial charge in [0.25, 0.3) is 0 Å². The first-order valence-electron chi connectivity index (χ1n) is 4.62. The topological polar surface area (TPSA) is 20.2 Å². The molecule has 0 unspecified atom stereocenters. The molecule has 0 heterocycles. The predicted molar refractivity (Wildman–Crippen MR) is 73.6 cm³/mol. The maximum atomic E-state index is 9.54. The number of hydrogen-bond donors (Lipinski definition) is 1. The van der Waals surface area contributed by atoms with E-state index in [1.54, 1.807) is 24.3 Å². The second kappa shape index (κ2) is 4.95. The van der Waals surface area contributed by atoms with E-state index in [0.717, 1.165) is 5.56 Å². The van der Waals surface area contributed by atoms with Gasteiger partial charge in [-0.1, -0.05) is 52.5 Å². The Morgan fingerprint density at radius 2 is 1.35 bits per heavy atom. The molecule has 0 spiro atoms. The molecule has 0 bridgehead atoms. The van der Waals surface area contributed by atoms with Crippen LogP contribution in [0.5, 0.6) is 5.75 Å². The standard InChI is InChI=1S/C12H6Cl4O/c13-8-2-1-6(3-12(8)17)7-4-10(15)11(16)5-9(7)14/h1-5,17H. The molecule has 88 valence electrons. The van der Waals surface area contributed by atoms with E-state index in [1.165, 1.54) is 6.07 Å². The molecule has 0 saturated carbocycles. The second-order valence-electron chi connectivity index (χ2n) is 3.41. The molecule has 0 aliphatic heterocycles. The van der Waals surface area contributed by atoms with Crippen molar-refractivity contribution in [2.45, 2.75) is 0 Å². The zero-order valence-electron chi connectivity index (χ0n) is 8.35. The molecule has 1 nitrogen and oxygen atoms in total. The number of rotatable bonds is 1. The summed E-state index contributed by atoms with van der Waals surface area (Å²) in [6, 6.07) is 8.06. The lowest BCUT2D eigenvalue weighted by Crippen LogP contribution is -1.81. The molecule has 0 aromatic heterocycles. The highest BCUT2D eigenvalue weighted by Gasteiger charge is 2.09. The lowest BCUT2D eigenvalue weighted by molar-refractivity contribution is 0.476. The lowest BCUT2D eigenvalue weighted by Gasteiger charge is -2.07. The molecule has 2 aromatic carbocycles. The van der Waals surface area contributed by atoms with Crippen LogP contribution in [0.4, 0.5) is 0 Å². The van der Waals surface area contributed by atoms with Crippen molar-refractivity contribution in [2.75, 3.05) is 0 Å². The first kappa shape index (κ1) is 12.8. The third-order valence-corrected chi connectivity index (χ3v) is 3.62. The number of phenols is 1. The summed E-state index contributed by atoms with van der Waals surface area (Å²) in [5.41, 5.74) is 1.41. The number of halogens is 4. The second-order valence-corrected chi connectivity index (χ2v) is 5.04. The van der Waals surface area contributed by atoms with E-state index in [9.17, 15) is 5.11 Å². The fourth-order valence-corrected chi connectivity index (χ4v) is 2.20. The van der Waals surface area contributed by atoms with Gasteiger partial charge in [-0.05, 0) is 29.8 Å². The molecule has 0 amide bonds. The Kier molecular flexibility index (Phi) is 3.74. The zero-order chi connectivity index (χ0) is 12.6. The van der Waals surface area contributed by atoms with Crippen LogP contribution in [-0.4, -0.2) is 5.11 Å². The Hall–Kier alpha value is -0.600. The summed E-state index contributed by atoms with van der Waals surface area (Å²) >= 11 is 23.6. The van der Waals surface area contributed by atoms with E-state index >= 15 is 0 Å². The molecular formula is C12H6Cl4O. The molecule has 5 heteroatoms. The minimum atomic E-state index is -0.00805. The van der Waals surface area contributed by atoms with Crippen LogP contribution >= 0.6 is 46.4 Å². The van der Waals surface area contributed by atoms with Gasteiger partial charge in [-0.3, -0.25) is 0 Å². The summed E-state index contributed by atoms with van der Waals surface area (Å²) < 4.78 is 0. The molecule has 0 atom stereocenters. The van der Waals surface area contributed by atoms with Crippen LogP contribution in [0, 0.1) is 0 Å². The Balaban J connectivity index is 2.60. The fourth-order valence-electron chi connectivity index (χ4n) is 1.42. The Morgan fingerprint density at radius 3 is 2.00 bits per heavy atom. The van der Waals surface area contributed by atoms with Crippen molar-refractivity contribution in [3.05, 3.63) is 50.4 Å². The molecule has 0 saturated heterocycles. The summed E-state index contributed by atoms with van der Waals surface area (Å²) in [6.45, 7) is 0. The van der Waals surface area contributed by atoms with Crippen molar-refractivity contribution in [3.8, 4) is 16.9 Å². The van der Waals surface area contributed by atoms with E-state index in [1.807, 2.05) is 0 Å². The van der Waals surface area contributed by atoms with Gasteiger partial charge in [0.05, 0.1) is 15.1 Å². The van der Waals surface area contributed by atoms with Gasteiger partial charge in [0.2, 0.25) is 0 Å². The van der Waals surface area contributed by atoms with Crippen molar-refractivity contribution in [1.29, 1.82) is 0 Å². The van der Waals surface area contributed by atoms with Crippen molar-refractivity contribution in [2.24, 2.45) is 0 Å². The third-order valence-electron chi connectivity index (χ3n) is 2.27. The SMILES string of the molecule is Oc1cc(-c2cc(Cl)c(Cl)cc2Cl)ccc1Cl.